The number of benzene rings is 2. The maximum atomic E-state index is 12.5. The van der Waals surface area contributed by atoms with Crippen molar-refractivity contribution in [2.75, 3.05) is 0 Å². The number of carbonyl (C=O) groups is 1. The molecule has 1 atom stereocenters. The van der Waals surface area contributed by atoms with Crippen LogP contribution in [-0.2, 0) is 10.3 Å². The van der Waals surface area contributed by atoms with Crippen molar-refractivity contribution < 1.29 is 14.3 Å². The molecule has 0 amide bonds. The molecule has 1 aromatic heterocycles. The van der Waals surface area contributed by atoms with Gasteiger partial charge in [-0.05, 0) is 51.3 Å². The first-order chi connectivity index (χ1) is 13.7. The van der Waals surface area contributed by atoms with E-state index in [4.69, 9.17) is 15.9 Å². The van der Waals surface area contributed by atoms with Crippen LogP contribution in [0.2, 0.25) is 0 Å². The number of carbonyl (C=O) groups excluding carboxylic acids is 1. The van der Waals surface area contributed by atoms with Crippen LogP contribution in [-0.4, -0.2) is 6.16 Å². The van der Waals surface area contributed by atoms with E-state index in [1.54, 1.807) is 0 Å². The fourth-order valence-electron chi connectivity index (χ4n) is 3.12. The van der Waals surface area contributed by atoms with Gasteiger partial charge in [0.2, 0.25) is 0 Å². The Hall–Kier alpha value is -3.03. The number of ether oxygens (including phenoxy) is 2. The molecule has 0 spiro atoms. The summed E-state index contributed by atoms with van der Waals surface area (Å²) >= 11 is 0. The fraction of sp³-hybridized carbons (Fsp3) is 0.240. The largest absolute Gasteiger partial charge is 0.514 e. The van der Waals surface area contributed by atoms with Gasteiger partial charge in [-0.25, -0.2) is 4.79 Å². The van der Waals surface area contributed by atoms with Crippen LogP contribution in [0.3, 0.4) is 0 Å². The highest BCUT2D eigenvalue weighted by Crippen LogP contribution is 2.37. The molecule has 0 saturated heterocycles. The van der Waals surface area contributed by atoms with Crippen LogP contribution >= 0.6 is 10.5 Å². The molecule has 2 aromatic carbocycles. The maximum absolute atomic E-state index is 12.5. The Labute approximate surface area is 175 Å². The van der Waals surface area contributed by atoms with Gasteiger partial charge in [0.15, 0.2) is 10.3 Å². The smallest absolute Gasteiger partial charge is 0.423 e. The van der Waals surface area contributed by atoms with Crippen LogP contribution in [0.4, 0.5) is 4.79 Å². The zero-order valence-electron chi connectivity index (χ0n) is 17.4. The number of aryl methyl sites for hydroxylation is 3. The Morgan fingerprint density at radius 3 is 2.21 bits per heavy atom. The molecule has 1 unspecified atom stereocenters. The van der Waals surface area contributed by atoms with Crippen molar-refractivity contribution in [2.45, 2.75) is 40.2 Å². The SMILES string of the molecule is C#Cc1cc[s+](-c2cc(C)c(OC(=O)OC(C)(C)c3ccc(C)cc3)c(C)c2)c1. The normalized spacial score (nSPS) is 11.7. The van der Waals surface area contributed by atoms with Gasteiger partial charge in [0, 0.05) is 28.7 Å². The average molecular weight is 406 g/mol. The summed E-state index contributed by atoms with van der Waals surface area (Å²) in [5.74, 6) is 3.20. The molecule has 3 aromatic rings. The van der Waals surface area contributed by atoms with Crippen LogP contribution in [0.1, 0.15) is 41.7 Å². The first kappa shape index (κ1) is 20.7. The third-order valence-electron chi connectivity index (χ3n) is 4.79. The van der Waals surface area contributed by atoms with Crippen molar-refractivity contribution >= 4 is 16.6 Å². The lowest BCUT2D eigenvalue weighted by molar-refractivity contribution is 0.00610. The maximum Gasteiger partial charge on any atom is 0.514 e. The van der Waals surface area contributed by atoms with Crippen LogP contribution in [0.5, 0.6) is 5.75 Å². The molecular formula is C25H25O3S+. The third kappa shape index (κ3) is 4.70. The van der Waals surface area contributed by atoms with E-state index in [0.29, 0.717) is 5.75 Å². The molecular weight excluding hydrogens is 380 g/mol. The lowest BCUT2D eigenvalue weighted by Gasteiger charge is -2.25. The second-order valence-electron chi connectivity index (χ2n) is 7.61. The number of rotatable bonds is 4. The van der Waals surface area contributed by atoms with Gasteiger partial charge in [0.25, 0.3) is 0 Å². The monoisotopic (exact) mass is 405 g/mol. The van der Waals surface area contributed by atoms with Crippen LogP contribution in [0, 0.1) is 33.1 Å². The quantitative estimate of drug-likeness (QED) is 0.208. The highest BCUT2D eigenvalue weighted by Gasteiger charge is 2.27. The Morgan fingerprint density at radius 1 is 1.03 bits per heavy atom. The summed E-state index contributed by atoms with van der Waals surface area (Å²) < 4.78 is 11.2. The topological polar surface area (TPSA) is 35.5 Å². The summed E-state index contributed by atoms with van der Waals surface area (Å²) in [6.07, 6.45) is 4.76. The van der Waals surface area contributed by atoms with Gasteiger partial charge in [-0.2, -0.15) is 0 Å². The van der Waals surface area contributed by atoms with Crippen molar-refractivity contribution in [1.82, 2.24) is 0 Å². The molecule has 0 saturated carbocycles. The third-order valence-corrected chi connectivity index (χ3v) is 6.51. The van der Waals surface area contributed by atoms with E-state index in [9.17, 15) is 4.79 Å². The van der Waals surface area contributed by atoms with E-state index < -0.39 is 11.8 Å². The molecule has 0 N–H and O–H groups in total. The minimum absolute atomic E-state index is 0.162. The Bertz CT molecular complexity index is 1060. The Kier molecular flexibility index (Phi) is 5.81. The number of thiophene rings is 1. The van der Waals surface area contributed by atoms with E-state index >= 15 is 0 Å². The first-order valence-corrected chi connectivity index (χ1v) is 10.7. The minimum atomic E-state index is -0.793. The van der Waals surface area contributed by atoms with Crippen LogP contribution < -0.4 is 4.74 Å². The molecule has 0 aliphatic heterocycles. The molecule has 1 heterocycles. The van der Waals surface area contributed by atoms with Gasteiger partial charge in [-0.15, -0.1) is 6.42 Å². The summed E-state index contributed by atoms with van der Waals surface area (Å²) in [5, 5.41) is 4.18. The zero-order chi connectivity index (χ0) is 21.2. The van der Waals surface area contributed by atoms with Crippen molar-refractivity contribution in [3.05, 3.63) is 81.0 Å². The Morgan fingerprint density at radius 2 is 1.66 bits per heavy atom. The molecule has 0 bridgehead atoms. The molecule has 3 rings (SSSR count). The van der Waals surface area contributed by atoms with Gasteiger partial charge in [0.1, 0.15) is 16.7 Å². The molecule has 29 heavy (non-hydrogen) atoms. The van der Waals surface area contributed by atoms with Gasteiger partial charge in [-0.3, -0.25) is 0 Å². The van der Waals surface area contributed by atoms with Gasteiger partial charge in [0.05, 0.1) is 5.56 Å². The van der Waals surface area contributed by atoms with Gasteiger partial charge < -0.3 is 9.47 Å². The summed E-state index contributed by atoms with van der Waals surface area (Å²) in [6, 6.07) is 13.9. The van der Waals surface area contributed by atoms with Crippen molar-refractivity contribution in [3.8, 4) is 23.0 Å². The average Bonchev–Trinajstić information content (AvgIpc) is 3.14. The lowest BCUT2D eigenvalue weighted by atomic mass is 9.97. The summed E-state index contributed by atoms with van der Waals surface area (Å²) in [5.41, 5.74) is 3.93. The van der Waals surface area contributed by atoms with E-state index in [1.807, 2.05) is 77.1 Å². The van der Waals surface area contributed by atoms with E-state index in [0.717, 1.165) is 32.7 Å². The van der Waals surface area contributed by atoms with Crippen molar-refractivity contribution in [1.29, 1.82) is 0 Å². The molecule has 0 radical (unpaired) electrons. The second-order valence-corrected chi connectivity index (χ2v) is 9.33. The number of terminal acetylenes is 1. The van der Waals surface area contributed by atoms with Crippen molar-refractivity contribution in [2.24, 2.45) is 0 Å². The molecule has 0 aliphatic carbocycles. The van der Waals surface area contributed by atoms with E-state index in [2.05, 4.69) is 16.7 Å². The summed E-state index contributed by atoms with van der Waals surface area (Å²) in [4.78, 5) is 13.7. The molecule has 3 nitrogen and oxygen atoms in total. The standard InChI is InChI=1S/C25H25O3S/c1-7-20-12-13-29(16-20)22-14-18(3)23(19(4)15-22)27-24(26)28-25(5,6)21-10-8-17(2)9-11-21/h1,8-16H,2-6H3/q+1. The highest BCUT2D eigenvalue weighted by atomic mass is 32.2. The number of hydrogen-bond donors (Lipinski definition) is 0. The minimum Gasteiger partial charge on any atom is -0.423 e. The summed E-state index contributed by atoms with van der Waals surface area (Å²) in [6.45, 7) is 9.58. The highest BCUT2D eigenvalue weighted by molar-refractivity contribution is 7.37. The Balaban J connectivity index is 1.78. The lowest BCUT2D eigenvalue weighted by Crippen LogP contribution is -2.27. The second kappa shape index (κ2) is 8.14. The molecule has 4 heteroatoms. The van der Waals surface area contributed by atoms with Gasteiger partial charge in [-0.1, -0.05) is 35.7 Å². The van der Waals surface area contributed by atoms with Crippen molar-refractivity contribution in [3.63, 3.8) is 0 Å². The van der Waals surface area contributed by atoms with E-state index in [-0.39, 0.29) is 10.5 Å². The zero-order valence-corrected chi connectivity index (χ0v) is 18.2. The predicted octanol–water partition coefficient (Wildman–Crippen LogP) is 6.78. The molecule has 0 aliphatic rings. The van der Waals surface area contributed by atoms with Crippen LogP contribution in [0.25, 0.3) is 4.90 Å². The molecule has 0 fully saturated rings. The predicted molar refractivity (Wildman–Crippen MR) is 119 cm³/mol. The first-order valence-electron chi connectivity index (χ1n) is 9.37. The fourth-order valence-corrected chi connectivity index (χ4v) is 4.84. The van der Waals surface area contributed by atoms with Gasteiger partial charge >= 0.3 is 6.16 Å². The molecule has 148 valence electrons. The summed E-state index contributed by atoms with van der Waals surface area (Å²) in [7, 11) is -0.162. The van der Waals surface area contributed by atoms with Crippen LogP contribution in [0.15, 0.2) is 53.2 Å². The number of hydrogen-bond acceptors (Lipinski definition) is 3. The van der Waals surface area contributed by atoms with E-state index in [1.165, 1.54) is 0 Å².